The molecule has 1 saturated heterocycles. The highest BCUT2D eigenvalue weighted by molar-refractivity contribution is 7.89. The zero-order valence-electron chi connectivity index (χ0n) is 7.91. The maximum absolute atomic E-state index is 11.8. The van der Waals surface area contributed by atoms with E-state index in [1.165, 1.54) is 6.42 Å². The maximum Gasteiger partial charge on any atom is 0.214 e. The van der Waals surface area contributed by atoms with E-state index in [0.717, 1.165) is 38.8 Å². The van der Waals surface area contributed by atoms with Crippen molar-refractivity contribution in [3.63, 3.8) is 0 Å². The van der Waals surface area contributed by atoms with E-state index in [9.17, 15) is 8.42 Å². The van der Waals surface area contributed by atoms with Gasteiger partial charge in [0.05, 0.1) is 5.75 Å². The minimum atomic E-state index is -2.89. The van der Waals surface area contributed by atoms with E-state index in [0.29, 0.717) is 11.7 Å². The van der Waals surface area contributed by atoms with Gasteiger partial charge in [0, 0.05) is 13.1 Å². The summed E-state index contributed by atoms with van der Waals surface area (Å²) in [6, 6.07) is 0. The van der Waals surface area contributed by atoms with Gasteiger partial charge in [-0.3, -0.25) is 0 Å². The summed E-state index contributed by atoms with van der Waals surface area (Å²) < 4.78 is 25.2. The van der Waals surface area contributed by atoms with E-state index < -0.39 is 10.0 Å². The Bertz CT molecular complexity index is 263. The molecule has 0 radical (unpaired) electrons. The molecule has 1 heterocycles. The van der Waals surface area contributed by atoms with Gasteiger partial charge in [0.1, 0.15) is 0 Å². The van der Waals surface area contributed by atoms with Gasteiger partial charge < -0.3 is 0 Å². The Hall–Kier alpha value is -0.0900. The Morgan fingerprint density at radius 2 is 1.69 bits per heavy atom. The summed E-state index contributed by atoms with van der Waals surface area (Å²) in [4.78, 5) is 0. The monoisotopic (exact) mass is 203 g/mol. The topological polar surface area (TPSA) is 37.4 Å². The van der Waals surface area contributed by atoms with E-state index in [2.05, 4.69) is 0 Å². The van der Waals surface area contributed by atoms with Crippen molar-refractivity contribution in [2.24, 2.45) is 5.92 Å². The van der Waals surface area contributed by atoms with Crippen molar-refractivity contribution >= 4 is 10.0 Å². The van der Waals surface area contributed by atoms with Crippen LogP contribution in [-0.2, 0) is 10.0 Å². The summed E-state index contributed by atoms with van der Waals surface area (Å²) in [5.41, 5.74) is 0. The van der Waals surface area contributed by atoms with Crippen LogP contribution in [0.25, 0.3) is 0 Å². The van der Waals surface area contributed by atoms with Gasteiger partial charge in [-0.2, -0.15) is 0 Å². The predicted octanol–water partition coefficient (Wildman–Crippen LogP) is 1.21. The second-order valence-corrected chi connectivity index (χ2v) is 6.20. The normalized spacial score (nSPS) is 26.2. The molecule has 76 valence electrons. The van der Waals surface area contributed by atoms with Crippen molar-refractivity contribution in [2.45, 2.75) is 32.1 Å². The van der Waals surface area contributed by atoms with Gasteiger partial charge in [-0.1, -0.05) is 6.42 Å². The lowest BCUT2D eigenvalue weighted by Gasteiger charge is -2.25. The van der Waals surface area contributed by atoms with Crippen molar-refractivity contribution < 1.29 is 8.42 Å². The predicted molar refractivity (Wildman–Crippen MR) is 51.9 cm³/mol. The van der Waals surface area contributed by atoms with Gasteiger partial charge in [-0.05, 0) is 31.6 Å². The summed E-state index contributed by atoms with van der Waals surface area (Å²) in [5.74, 6) is 0.888. The molecule has 0 atom stereocenters. The van der Waals surface area contributed by atoms with Crippen molar-refractivity contribution in [1.82, 2.24) is 4.31 Å². The van der Waals surface area contributed by atoms with Gasteiger partial charge in [-0.15, -0.1) is 0 Å². The highest BCUT2D eigenvalue weighted by Gasteiger charge is 2.32. The van der Waals surface area contributed by atoms with Crippen LogP contribution in [0.3, 0.4) is 0 Å². The van der Waals surface area contributed by atoms with Crippen molar-refractivity contribution in [1.29, 1.82) is 0 Å². The molecule has 2 fully saturated rings. The molecule has 1 saturated carbocycles. The van der Waals surface area contributed by atoms with Crippen LogP contribution >= 0.6 is 0 Å². The van der Waals surface area contributed by atoms with Crippen LogP contribution in [-0.4, -0.2) is 31.6 Å². The Morgan fingerprint density at radius 3 is 2.23 bits per heavy atom. The molecule has 2 aliphatic rings. The number of rotatable bonds is 3. The first-order chi connectivity index (χ1) is 6.18. The molecule has 0 aromatic rings. The quantitative estimate of drug-likeness (QED) is 0.691. The number of sulfonamides is 1. The van der Waals surface area contributed by atoms with E-state index in [4.69, 9.17) is 0 Å². The van der Waals surface area contributed by atoms with Crippen LogP contribution in [0.1, 0.15) is 32.1 Å². The molecule has 0 unspecified atom stereocenters. The molecule has 0 spiro atoms. The van der Waals surface area contributed by atoms with Crippen LogP contribution in [0, 0.1) is 5.92 Å². The highest BCUT2D eigenvalue weighted by Crippen LogP contribution is 2.31. The third-order valence-electron chi connectivity index (χ3n) is 2.85. The highest BCUT2D eigenvalue weighted by atomic mass is 32.2. The molecule has 0 amide bonds. The van der Waals surface area contributed by atoms with Crippen LogP contribution in [0.15, 0.2) is 0 Å². The van der Waals surface area contributed by atoms with Crippen LogP contribution in [0.4, 0.5) is 0 Å². The Labute approximate surface area is 80.2 Å². The number of nitrogens with zero attached hydrogens (tertiary/aromatic N) is 1. The summed E-state index contributed by atoms with van der Waals surface area (Å²) in [6.45, 7) is 1.52. The fourth-order valence-corrected chi connectivity index (χ4v) is 3.79. The fraction of sp³-hybridized carbons (Fsp3) is 1.00. The fourth-order valence-electron chi connectivity index (χ4n) is 1.83. The van der Waals surface area contributed by atoms with Crippen LogP contribution < -0.4 is 0 Å². The number of hydrogen-bond acceptors (Lipinski definition) is 2. The third kappa shape index (κ3) is 2.44. The Kier molecular flexibility index (Phi) is 2.60. The summed E-state index contributed by atoms with van der Waals surface area (Å²) >= 11 is 0. The van der Waals surface area contributed by atoms with E-state index in [1.54, 1.807) is 4.31 Å². The molecule has 1 aliphatic carbocycles. The standard InChI is InChI=1S/C9H17NO2S/c11-13(12,8-9-4-5-9)10-6-2-1-3-7-10/h9H,1-8H2. The van der Waals surface area contributed by atoms with Gasteiger partial charge in [-0.25, -0.2) is 12.7 Å². The second-order valence-electron chi connectivity index (χ2n) is 4.18. The minimum Gasteiger partial charge on any atom is -0.212 e. The average molecular weight is 203 g/mol. The van der Waals surface area contributed by atoms with Crippen molar-refractivity contribution in [2.75, 3.05) is 18.8 Å². The molecule has 0 aromatic carbocycles. The van der Waals surface area contributed by atoms with Crippen LogP contribution in [0.5, 0.6) is 0 Å². The first kappa shape index (κ1) is 9.46. The smallest absolute Gasteiger partial charge is 0.212 e. The molecule has 0 N–H and O–H groups in total. The molecular formula is C9H17NO2S. The van der Waals surface area contributed by atoms with Crippen molar-refractivity contribution in [3.8, 4) is 0 Å². The molecule has 0 bridgehead atoms. The zero-order chi connectivity index (χ0) is 9.31. The van der Waals surface area contributed by atoms with E-state index >= 15 is 0 Å². The lowest BCUT2D eigenvalue weighted by atomic mass is 10.2. The van der Waals surface area contributed by atoms with Gasteiger partial charge >= 0.3 is 0 Å². The molecule has 13 heavy (non-hydrogen) atoms. The lowest BCUT2D eigenvalue weighted by Crippen LogP contribution is -2.37. The molecule has 0 aromatic heterocycles. The average Bonchev–Trinajstić information content (AvgIpc) is 2.89. The Balaban J connectivity index is 1.95. The van der Waals surface area contributed by atoms with Gasteiger partial charge in [0.25, 0.3) is 0 Å². The third-order valence-corrected chi connectivity index (χ3v) is 4.90. The first-order valence-electron chi connectivity index (χ1n) is 5.16. The lowest BCUT2D eigenvalue weighted by molar-refractivity contribution is 0.346. The molecule has 4 heteroatoms. The Morgan fingerprint density at radius 1 is 1.08 bits per heavy atom. The first-order valence-corrected chi connectivity index (χ1v) is 6.77. The SMILES string of the molecule is O=S(=O)(CC1CC1)N1CCCCC1. The second kappa shape index (κ2) is 3.58. The van der Waals surface area contributed by atoms with Crippen molar-refractivity contribution in [3.05, 3.63) is 0 Å². The number of hydrogen-bond donors (Lipinski definition) is 0. The molecule has 3 nitrogen and oxygen atoms in total. The van der Waals surface area contributed by atoms with Crippen LogP contribution in [0.2, 0.25) is 0 Å². The molecule has 2 rings (SSSR count). The molecular weight excluding hydrogens is 186 g/mol. The summed E-state index contributed by atoms with van der Waals surface area (Å²) in [7, 11) is -2.89. The van der Waals surface area contributed by atoms with Gasteiger partial charge in [0.15, 0.2) is 0 Å². The van der Waals surface area contributed by atoms with E-state index in [-0.39, 0.29) is 0 Å². The zero-order valence-corrected chi connectivity index (χ0v) is 8.72. The van der Waals surface area contributed by atoms with E-state index in [1.807, 2.05) is 0 Å². The number of piperidine rings is 1. The summed E-state index contributed by atoms with van der Waals surface area (Å²) in [5, 5.41) is 0. The summed E-state index contributed by atoms with van der Waals surface area (Å²) in [6.07, 6.45) is 5.52. The molecule has 1 aliphatic heterocycles. The largest absolute Gasteiger partial charge is 0.214 e. The minimum absolute atomic E-state index is 0.410. The van der Waals surface area contributed by atoms with Gasteiger partial charge in [0.2, 0.25) is 10.0 Å². The maximum atomic E-state index is 11.8.